The lowest BCUT2D eigenvalue weighted by Crippen LogP contribution is -2.48. The third-order valence-electron chi connectivity index (χ3n) is 9.19. The summed E-state index contributed by atoms with van der Waals surface area (Å²) in [5.74, 6) is 0.450. The maximum atomic E-state index is 11.4. The Bertz CT molecular complexity index is 885. The number of hydrogen-bond donors (Lipinski definition) is 2. The van der Waals surface area contributed by atoms with E-state index in [0.717, 1.165) is 42.1 Å². The molecule has 40 heavy (non-hydrogen) atoms. The molecular weight excluding hydrogens is 551 g/mol. The maximum absolute atomic E-state index is 11.4. The number of hydrogen-bond acceptors (Lipinski definition) is 6. The molecule has 0 unspecified atom stereocenters. The van der Waals surface area contributed by atoms with Crippen LogP contribution >= 0.6 is 11.3 Å². The van der Waals surface area contributed by atoms with Crippen LogP contribution in [0.15, 0.2) is 11.0 Å². The Labute approximate surface area is 253 Å². The standard InChI is InChI=1S/C32H63NO4SSi2/c1-22(2)40(23(3)4,24(5)6)36-20-25(7)16-15-17-31(37-39(13,14)32(10,11)12)30(35)19-29(34)26(8)18-28-21-38-27(9)33-28/h18,21-25,29-31,34-35H,15-17,19-20H2,1-14H3/b26-18+/t25-,29-,30+,31+/m0/s1. The molecule has 1 aromatic heterocycles. The first-order valence-corrected chi connectivity index (χ1v) is 21.5. The van der Waals surface area contributed by atoms with E-state index in [-0.39, 0.29) is 17.6 Å². The van der Waals surface area contributed by atoms with Crippen LogP contribution in [0.1, 0.15) is 113 Å². The van der Waals surface area contributed by atoms with Gasteiger partial charge in [-0.15, -0.1) is 11.3 Å². The van der Waals surface area contributed by atoms with Gasteiger partial charge in [0.25, 0.3) is 0 Å². The summed E-state index contributed by atoms with van der Waals surface area (Å²) in [7, 11) is -3.98. The average molecular weight is 614 g/mol. The summed E-state index contributed by atoms with van der Waals surface area (Å²) in [5.41, 5.74) is 3.43. The molecule has 0 aliphatic carbocycles. The normalized spacial score (nSPS) is 17.1. The maximum Gasteiger partial charge on any atom is 0.200 e. The second-order valence-electron chi connectivity index (χ2n) is 14.6. The fourth-order valence-electron chi connectivity index (χ4n) is 5.76. The van der Waals surface area contributed by atoms with E-state index in [1.807, 2.05) is 25.3 Å². The number of nitrogens with zero attached hydrogens (tertiary/aromatic N) is 1. The van der Waals surface area contributed by atoms with Crippen molar-refractivity contribution in [1.29, 1.82) is 0 Å². The summed E-state index contributed by atoms with van der Waals surface area (Å²) in [6, 6.07) is 0. The quantitative estimate of drug-likeness (QED) is 0.171. The van der Waals surface area contributed by atoms with Crippen molar-refractivity contribution >= 4 is 34.0 Å². The van der Waals surface area contributed by atoms with E-state index in [9.17, 15) is 10.2 Å². The summed E-state index contributed by atoms with van der Waals surface area (Å²) in [6.07, 6.45) is 3.18. The second-order valence-corrected chi connectivity index (χ2v) is 25.9. The highest BCUT2D eigenvalue weighted by Crippen LogP contribution is 2.43. The molecule has 1 heterocycles. The fourth-order valence-corrected chi connectivity index (χ4v) is 13.3. The molecule has 0 saturated carbocycles. The SMILES string of the molecule is C/C(=C\c1csc(C)n1)[C@@H](O)C[C@@H](O)[C@@H](CCC[C@H](C)CO[Si](C(C)C)(C(C)C)C(C)C)O[Si](C)(C)C(C)(C)C. The Morgan fingerprint density at radius 2 is 1.55 bits per heavy atom. The van der Waals surface area contributed by atoms with Crippen molar-refractivity contribution in [3.63, 3.8) is 0 Å². The molecule has 0 amide bonds. The Morgan fingerprint density at radius 1 is 1.00 bits per heavy atom. The Kier molecular flexibility index (Phi) is 15.0. The highest BCUT2D eigenvalue weighted by atomic mass is 32.1. The first kappa shape index (κ1) is 37.7. The molecule has 0 radical (unpaired) electrons. The van der Waals surface area contributed by atoms with Gasteiger partial charge in [0, 0.05) is 18.4 Å². The Balaban J connectivity index is 2.91. The lowest BCUT2D eigenvalue weighted by molar-refractivity contribution is -0.00433. The molecule has 234 valence electrons. The highest BCUT2D eigenvalue weighted by molar-refractivity contribution is 7.09. The second kappa shape index (κ2) is 15.9. The lowest BCUT2D eigenvalue weighted by atomic mass is 9.96. The Hall–Kier alpha value is -0.356. The van der Waals surface area contributed by atoms with Gasteiger partial charge in [-0.05, 0) is 79.0 Å². The molecule has 2 N–H and O–H groups in total. The van der Waals surface area contributed by atoms with Crippen molar-refractivity contribution in [2.45, 2.75) is 162 Å². The van der Waals surface area contributed by atoms with Gasteiger partial charge in [-0.3, -0.25) is 0 Å². The van der Waals surface area contributed by atoms with Crippen LogP contribution < -0.4 is 0 Å². The Morgan fingerprint density at radius 3 is 2.00 bits per heavy atom. The van der Waals surface area contributed by atoms with E-state index < -0.39 is 28.8 Å². The molecule has 8 heteroatoms. The summed E-state index contributed by atoms with van der Waals surface area (Å²) < 4.78 is 13.6. The molecule has 0 saturated heterocycles. The zero-order valence-electron chi connectivity index (χ0n) is 28.3. The van der Waals surface area contributed by atoms with Crippen molar-refractivity contribution in [2.24, 2.45) is 5.92 Å². The van der Waals surface area contributed by atoms with E-state index in [1.54, 1.807) is 11.3 Å². The van der Waals surface area contributed by atoms with Crippen molar-refractivity contribution < 1.29 is 19.1 Å². The van der Waals surface area contributed by atoms with E-state index in [0.29, 0.717) is 22.5 Å². The van der Waals surface area contributed by atoms with Crippen molar-refractivity contribution in [3.8, 4) is 0 Å². The van der Waals surface area contributed by atoms with Gasteiger partial charge in [-0.25, -0.2) is 4.98 Å². The summed E-state index contributed by atoms with van der Waals surface area (Å²) >= 11 is 1.60. The highest BCUT2D eigenvalue weighted by Gasteiger charge is 2.45. The lowest BCUT2D eigenvalue weighted by Gasteiger charge is -2.43. The number of aliphatic hydroxyl groups excluding tert-OH is 2. The molecule has 5 nitrogen and oxygen atoms in total. The summed E-state index contributed by atoms with van der Waals surface area (Å²) in [5, 5.41) is 25.3. The monoisotopic (exact) mass is 613 g/mol. The third-order valence-corrected chi connectivity index (χ3v) is 20.6. The van der Waals surface area contributed by atoms with Gasteiger partial charge in [-0.2, -0.15) is 0 Å². The zero-order chi connectivity index (χ0) is 31.1. The molecule has 0 bridgehead atoms. The minimum absolute atomic E-state index is 0.0432. The third kappa shape index (κ3) is 10.7. The summed E-state index contributed by atoms with van der Waals surface area (Å²) in [4.78, 5) is 4.48. The number of aromatic nitrogens is 1. The van der Waals surface area contributed by atoms with E-state index >= 15 is 0 Å². The van der Waals surface area contributed by atoms with Gasteiger partial charge < -0.3 is 19.1 Å². The molecular formula is C32H63NO4SSi2. The fraction of sp³-hybridized carbons (Fsp3) is 0.844. The van der Waals surface area contributed by atoms with Crippen LogP contribution in [0.4, 0.5) is 0 Å². The molecule has 1 aromatic rings. The summed E-state index contributed by atoms with van der Waals surface area (Å²) in [6.45, 7) is 32.2. The minimum Gasteiger partial charge on any atom is -0.416 e. The van der Waals surface area contributed by atoms with Crippen LogP contribution in [0, 0.1) is 12.8 Å². The zero-order valence-corrected chi connectivity index (χ0v) is 31.1. The predicted octanol–water partition coefficient (Wildman–Crippen LogP) is 9.36. The van der Waals surface area contributed by atoms with Crippen LogP contribution in [0.3, 0.4) is 0 Å². The predicted molar refractivity (Wildman–Crippen MR) is 179 cm³/mol. The van der Waals surface area contributed by atoms with E-state index in [2.05, 4.69) is 87.3 Å². The number of aryl methyl sites for hydroxylation is 1. The van der Waals surface area contributed by atoms with Crippen molar-refractivity contribution in [1.82, 2.24) is 4.98 Å². The van der Waals surface area contributed by atoms with Gasteiger partial charge in [0.15, 0.2) is 16.6 Å². The molecule has 0 aliphatic rings. The van der Waals surface area contributed by atoms with Crippen LogP contribution in [0.25, 0.3) is 6.08 Å². The van der Waals surface area contributed by atoms with Gasteiger partial charge >= 0.3 is 0 Å². The van der Waals surface area contributed by atoms with Crippen LogP contribution in [0.5, 0.6) is 0 Å². The smallest absolute Gasteiger partial charge is 0.200 e. The molecule has 1 rings (SSSR count). The number of rotatable bonds is 17. The first-order chi connectivity index (χ1) is 18.2. The van der Waals surface area contributed by atoms with E-state index in [1.165, 1.54) is 0 Å². The first-order valence-electron chi connectivity index (χ1n) is 15.5. The van der Waals surface area contributed by atoms with Crippen molar-refractivity contribution in [3.05, 3.63) is 21.7 Å². The van der Waals surface area contributed by atoms with Crippen LogP contribution in [-0.4, -0.2) is 56.8 Å². The molecule has 0 spiro atoms. The van der Waals surface area contributed by atoms with Crippen LogP contribution in [0.2, 0.25) is 34.8 Å². The number of aliphatic hydroxyl groups is 2. The van der Waals surface area contributed by atoms with Gasteiger partial charge in [0.05, 0.1) is 29.0 Å². The molecule has 0 aromatic carbocycles. The van der Waals surface area contributed by atoms with Crippen molar-refractivity contribution in [2.75, 3.05) is 6.61 Å². The number of thiazole rings is 1. The van der Waals surface area contributed by atoms with Crippen LogP contribution in [-0.2, 0) is 8.85 Å². The largest absolute Gasteiger partial charge is 0.416 e. The van der Waals surface area contributed by atoms with Gasteiger partial charge in [-0.1, -0.05) is 75.7 Å². The molecule has 4 atom stereocenters. The average Bonchev–Trinajstić information content (AvgIpc) is 3.21. The molecule has 0 fully saturated rings. The molecule has 0 aliphatic heterocycles. The van der Waals surface area contributed by atoms with Gasteiger partial charge in [0.1, 0.15) is 0 Å². The van der Waals surface area contributed by atoms with E-state index in [4.69, 9.17) is 8.85 Å². The van der Waals surface area contributed by atoms with Gasteiger partial charge in [0.2, 0.25) is 0 Å². The topological polar surface area (TPSA) is 71.8 Å². The minimum atomic E-state index is -2.11.